The van der Waals surface area contributed by atoms with Crippen molar-refractivity contribution in [2.24, 2.45) is 5.92 Å². The Kier molecular flexibility index (Phi) is 6.50. The molecule has 5 rings (SSSR count). The third kappa shape index (κ3) is 4.19. The van der Waals surface area contributed by atoms with Crippen LogP contribution in [0.25, 0.3) is 0 Å². The van der Waals surface area contributed by atoms with Gasteiger partial charge in [-0.1, -0.05) is 49.2 Å². The summed E-state index contributed by atoms with van der Waals surface area (Å²) in [5.74, 6) is 2.18. The van der Waals surface area contributed by atoms with Crippen molar-refractivity contribution in [3.8, 4) is 11.5 Å². The fourth-order valence-corrected chi connectivity index (χ4v) is 5.86. The third-order valence-electron chi connectivity index (χ3n) is 7.75. The van der Waals surface area contributed by atoms with E-state index in [4.69, 9.17) is 14.2 Å². The molecule has 0 radical (unpaired) electrons. The molecule has 0 unspecified atom stereocenters. The van der Waals surface area contributed by atoms with E-state index in [1.54, 1.807) is 14.2 Å². The van der Waals surface area contributed by atoms with E-state index in [2.05, 4.69) is 52.3 Å². The highest BCUT2D eigenvalue weighted by Crippen LogP contribution is 2.53. The fourth-order valence-electron chi connectivity index (χ4n) is 5.86. The molecular formula is C28H36N2O3. The number of nitrogens with zero attached hydrogens (tertiary/aromatic N) is 2. The first-order chi connectivity index (χ1) is 16.2. The van der Waals surface area contributed by atoms with Gasteiger partial charge in [0.2, 0.25) is 0 Å². The van der Waals surface area contributed by atoms with E-state index in [-0.39, 0.29) is 5.60 Å². The summed E-state index contributed by atoms with van der Waals surface area (Å²) in [4.78, 5) is 5.16. The molecule has 5 heteroatoms. The van der Waals surface area contributed by atoms with Crippen molar-refractivity contribution < 1.29 is 14.2 Å². The minimum atomic E-state index is -0.237. The number of hydrogen-bond acceptors (Lipinski definition) is 5. The molecule has 2 aromatic carbocycles. The van der Waals surface area contributed by atoms with Gasteiger partial charge in [0.05, 0.1) is 19.9 Å². The van der Waals surface area contributed by atoms with Crippen molar-refractivity contribution in [1.29, 1.82) is 0 Å². The highest BCUT2D eigenvalue weighted by molar-refractivity contribution is 5.43. The van der Waals surface area contributed by atoms with Crippen LogP contribution in [-0.2, 0) is 16.8 Å². The third-order valence-corrected chi connectivity index (χ3v) is 7.75. The number of hydrogen-bond donors (Lipinski definition) is 0. The SMILES string of the molecule is COc1ccc(CCN2CCN(C3=CO[C@@]3(c3ccccc3)C3CCCC3)CC2)cc1OC. The van der Waals surface area contributed by atoms with Gasteiger partial charge in [-0.15, -0.1) is 0 Å². The molecule has 176 valence electrons. The van der Waals surface area contributed by atoms with Crippen LogP contribution in [-0.4, -0.2) is 56.7 Å². The van der Waals surface area contributed by atoms with E-state index in [1.165, 1.54) is 42.5 Å². The Labute approximate surface area is 197 Å². The molecule has 0 spiro atoms. The Bertz CT molecular complexity index is 962. The maximum Gasteiger partial charge on any atom is 0.178 e. The molecule has 0 amide bonds. The molecule has 33 heavy (non-hydrogen) atoms. The lowest BCUT2D eigenvalue weighted by Crippen LogP contribution is -2.55. The summed E-state index contributed by atoms with van der Waals surface area (Å²) in [7, 11) is 3.37. The van der Waals surface area contributed by atoms with Crippen molar-refractivity contribution in [2.75, 3.05) is 46.9 Å². The Morgan fingerprint density at radius 1 is 0.909 bits per heavy atom. The van der Waals surface area contributed by atoms with Gasteiger partial charge in [-0.2, -0.15) is 0 Å². The lowest BCUT2D eigenvalue weighted by molar-refractivity contribution is -0.0825. The van der Waals surface area contributed by atoms with Crippen LogP contribution < -0.4 is 9.47 Å². The average Bonchev–Trinajstić information content (AvgIpc) is 3.38. The first-order valence-electron chi connectivity index (χ1n) is 12.4. The van der Waals surface area contributed by atoms with Gasteiger partial charge in [0, 0.05) is 44.2 Å². The second-order valence-electron chi connectivity index (χ2n) is 9.47. The summed E-state index contributed by atoms with van der Waals surface area (Å²) in [5, 5.41) is 0. The van der Waals surface area contributed by atoms with Crippen LogP contribution in [0.3, 0.4) is 0 Å². The summed E-state index contributed by atoms with van der Waals surface area (Å²) in [6.45, 7) is 5.34. The van der Waals surface area contributed by atoms with E-state index in [9.17, 15) is 0 Å². The van der Waals surface area contributed by atoms with Gasteiger partial charge in [-0.05, 0) is 37.0 Å². The second kappa shape index (κ2) is 9.68. The minimum Gasteiger partial charge on any atom is -0.493 e. The lowest BCUT2D eigenvalue weighted by Gasteiger charge is -2.52. The van der Waals surface area contributed by atoms with Gasteiger partial charge >= 0.3 is 0 Å². The summed E-state index contributed by atoms with van der Waals surface area (Å²) in [6, 6.07) is 17.2. The van der Waals surface area contributed by atoms with Crippen LogP contribution in [0.5, 0.6) is 11.5 Å². The monoisotopic (exact) mass is 448 g/mol. The molecule has 0 aromatic heterocycles. The molecule has 0 N–H and O–H groups in total. The van der Waals surface area contributed by atoms with Crippen LogP contribution in [0.2, 0.25) is 0 Å². The topological polar surface area (TPSA) is 34.2 Å². The zero-order valence-electron chi connectivity index (χ0n) is 20.0. The second-order valence-corrected chi connectivity index (χ2v) is 9.47. The number of benzene rings is 2. The predicted molar refractivity (Wildman–Crippen MR) is 131 cm³/mol. The Balaban J connectivity index is 1.21. The highest BCUT2D eigenvalue weighted by Gasteiger charge is 2.53. The van der Waals surface area contributed by atoms with Crippen LogP contribution in [0, 0.1) is 5.92 Å². The lowest BCUT2D eigenvalue weighted by atomic mass is 9.74. The van der Waals surface area contributed by atoms with Crippen LogP contribution in [0.15, 0.2) is 60.5 Å². The first-order valence-corrected chi connectivity index (χ1v) is 12.4. The molecule has 2 heterocycles. The zero-order valence-corrected chi connectivity index (χ0v) is 20.0. The molecule has 5 nitrogen and oxygen atoms in total. The molecular weight excluding hydrogens is 412 g/mol. The van der Waals surface area contributed by atoms with E-state index >= 15 is 0 Å². The molecule has 2 fully saturated rings. The van der Waals surface area contributed by atoms with Gasteiger partial charge in [0.15, 0.2) is 17.1 Å². The fraction of sp³-hybridized carbons (Fsp3) is 0.500. The zero-order chi connectivity index (χ0) is 22.7. The van der Waals surface area contributed by atoms with Crippen LogP contribution in [0.4, 0.5) is 0 Å². The average molecular weight is 449 g/mol. The number of methoxy groups -OCH3 is 2. The molecule has 1 saturated carbocycles. The largest absolute Gasteiger partial charge is 0.493 e. The predicted octanol–water partition coefficient (Wildman–Crippen LogP) is 4.82. The Hall–Kier alpha value is -2.66. The number of rotatable bonds is 8. The Morgan fingerprint density at radius 2 is 1.64 bits per heavy atom. The molecule has 0 bridgehead atoms. The van der Waals surface area contributed by atoms with Crippen molar-refractivity contribution in [2.45, 2.75) is 37.7 Å². The Morgan fingerprint density at radius 3 is 2.27 bits per heavy atom. The quantitative estimate of drug-likeness (QED) is 0.578. The summed E-state index contributed by atoms with van der Waals surface area (Å²) in [6.07, 6.45) is 8.21. The molecule has 1 atom stereocenters. The van der Waals surface area contributed by atoms with E-state index < -0.39 is 0 Å². The summed E-state index contributed by atoms with van der Waals surface area (Å²) >= 11 is 0. The van der Waals surface area contributed by atoms with Gasteiger partial charge in [0.1, 0.15) is 6.26 Å². The molecule has 1 aliphatic carbocycles. The maximum absolute atomic E-state index is 6.39. The number of piperazine rings is 1. The molecule has 3 aliphatic rings. The van der Waals surface area contributed by atoms with Crippen LogP contribution in [0.1, 0.15) is 36.8 Å². The normalized spacial score (nSPS) is 23.6. The van der Waals surface area contributed by atoms with Crippen molar-refractivity contribution in [1.82, 2.24) is 9.80 Å². The highest BCUT2D eigenvalue weighted by atomic mass is 16.5. The standard InChI is InChI=1S/C28H36N2O3/c1-31-25-13-12-22(20-26(25)32-2)14-15-29-16-18-30(19-17-29)27-21-33-28(27,24-10-6-7-11-24)23-8-4-3-5-9-23/h3-5,8-9,12-13,20-21,24H,6-7,10-11,14-19H2,1-2H3/t28-/m0/s1. The minimum absolute atomic E-state index is 0.237. The molecule has 1 saturated heterocycles. The van der Waals surface area contributed by atoms with Gasteiger partial charge < -0.3 is 19.1 Å². The van der Waals surface area contributed by atoms with E-state index in [1.807, 2.05) is 12.3 Å². The van der Waals surface area contributed by atoms with E-state index in [0.717, 1.165) is 50.6 Å². The summed E-state index contributed by atoms with van der Waals surface area (Å²) < 4.78 is 17.2. The van der Waals surface area contributed by atoms with Crippen molar-refractivity contribution >= 4 is 0 Å². The maximum atomic E-state index is 6.39. The smallest absolute Gasteiger partial charge is 0.178 e. The molecule has 2 aliphatic heterocycles. The first kappa shape index (κ1) is 22.1. The van der Waals surface area contributed by atoms with E-state index in [0.29, 0.717) is 5.92 Å². The van der Waals surface area contributed by atoms with Gasteiger partial charge in [-0.3, -0.25) is 4.90 Å². The summed E-state index contributed by atoms with van der Waals surface area (Å²) in [5.41, 5.74) is 3.78. The van der Waals surface area contributed by atoms with Gasteiger partial charge in [0.25, 0.3) is 0 Å². The molecule has 2 aromatic rings. The van der Waals surface area contributed by atoms with Crippen molar-refractivity contribution in [3.05, 3.63) is 71.6 Å². The van der Waals surface area contributed by atoms with Gasteiger partial charge in [-0.25, -0.2) is 0 Å². The van der Waals surface area contributed by atoms with Crippen LogP contribution >= 0.6 is 0 Å². The number of ether oxygens (including phenoxy) is 3. The van der Waals surface area contributed by atoms with Crippen molar-refractivity contribution in [3.63, 3.8) is 0 Å².